The molecule has 2 saturated heterocycles. The van der Waals surface area contributed by atoms with Gasteiger partial charge in [0, 0.05) is 58.3 Å². The Balaban J connectivity index is 0.000000396. The Labute approximate surface area is 442 Å². The van der Waals surface area contributed by atoms with E-state index in [0.29, 0.717) is 38.9 Å². The number of halogens is 4. The summed E-state index contributed by atoms with van der Waals surface area (Å²) in [6.07, 6.45) is 0. The number of aryl methyl sites for hydroxylation is 4. The van der Waals surface area contributed by atoms with Gasteiger partial charge in [-0.2, -0.15) is 0 Å². The Kier molecular flexibility index (Phi) is 21.7. The van der Waals surface area contributed by atoms with Crippen LogP contribution in [0.5, 0.6) is 0 Å². The molecular weight excluding hydrogens is 988 g/mol. The third-order valence-corrected chi connectivity index (χ3v) is 8.55. The number of imidazole rings is 2. The molecule has 0 spiro atoms. The molecule has 0 amide bonds. The number of alkyl halides is 1. The van der Waals surface area contributed by atoms with Crippen LogP contribution in [0.1, 0.15) is 37.9 Å². The minimum absolute atomic E-state index is 0. The topological polar surface area (TPSA) is 152 Å². The Bertz CT molecular complexity index is 2020. The first kappa shape index (κ1) is 47.0. The molecule has 0 bridgehead atoms. The van der Waals surface area contributed by atoms with Crippen LogP contribution in [0.3, 0.4) is 0 Å². The van der Waals surface area contributed by atoms with Gasteiger partial charge in [-0.3, -0.25) is 9.18 Å². The van der Waals surface area contributed by atoms with Crippen molar-refractivity contribution in [1.82, 2.24) is 44.4 Å². The summed E-state index contributed by atoms with van der Waals surface area (Å²) >= 11 is 17.0. The van der Waals surface area contributed by atoms with Crippen molar-refractivity contribution in [2.24, 2.45) is 14.1 Å². The second-order valence-corrected chi connectivity index (χ2v) is 12.5. The van der Waals surface area contributed by atoms with E-state index in [-0.39, 0.29) is 146 Å². The van der Waals surface area contributed by atoms with Gasteiger partial charge < -0.3 is 30.9 Å². The molecule has 2 aliphatic rings. The number of benzene rings is 2. The first-order chi connectivity index (χ1) is 25.0. The summed E-state index contributed by atoms with van der Waals surface area (Å²) in [4.78, 5) is 39.1. The molecule has 0 radical (unpaired) electrons. The van der Waals surface area contributed by atoms with Gasteiger partial charge >= 0.3 is 138 Å². The fourth-order valence-electron chi connectivity index (χ4n) is 5.53. The number of carbonyl (C=O) groups excluding carboxylic acids is 1. The summed E-state index contributed by atoms with van der Waals surface area (Å²) in [7, 11) is 3.18. The van der Waals surface area contributed by atoms with Gasteiger partial charge in [0.25, 0.3) is 6.47 Å². The average molecular weight is 1030 g/mol. The summed E-state index contributed by atoms with van der Waals surface area (Å²) in [5, 5.41) is 13.0. The van der Waals surface area contributed by atoms with Crippen LogP contribution < -0.4 is 153 Å². The molecule has 0 aliphatic carbocycles. The Morgan fingerprint density at radius 2 is 1.23 bits per heavy atom. The van der Waals surface area contributed by atoms with Crippen molar-refractivity contribution >= 4 is 69.2 Å². The van der Waals surface area contributed by atoms with Gasteiger partial charge in [-0.05, 0) is 38.1 Å². The van der Waals surface area contributed by atoms with Crippen molar-refractivity contribution < 1.29 is 160 Å². The van der Waals surface area contributed by atoms with Gasteiger partial charge in [0.15, 0.2) is 0 Å². The van der Waals surface area contributed by atoms with Gasteiger partial charge in [-0.15, -0.1) is 0 Å². The smallest absolute Gasteiger partial charge is 1.00 e. The van der Waals surface area contributed by atoms with E-state index in [2.05, 4.69) is 93.6 Å². The molecule has 272 valence electrons. The molecule has 53 heavy (non-hydrogen) atoms. The van der Waals surface area contributed by atoms with Crippen LogP contribution in [0.15, 0.2) is 60.7 Å². The van der Waals surface area contributed by atoms with Crippen LogP contribution in [-0.4, -0.2) is 78.8 Å². The van der Waals surface area contributed by atoms with Crippen LogP contribution in [0, 0.1) is 13.8 Å². The molecule has 0 saturated carbocycles. The average Bonchev–Trinajstić information content (AvgIpc) is 3.56. The number of hydrogen-bond donors (Lipinski definition) is 1. The number of nitrogens with one attached hydrogen (secondary N) is 1. The zero-order valence-electron chi connectivity index (χ0n) is 32.3. The van der Waals surface area contributed by atoms with E-state index in [0.717, 1.165) is 48.9 Å². The van der Waals surface area contributed by atoms with E-state index in [4.69, 9.17) is 51.2 Å². The number of carbonyl (C=O) groups is 1. The van der Waals surface area contributed by atoms with E-state index in [9.17, 15) is 4.39 Å². The predicted octanol–water partition coefficient (Wildman–Crippen LogP) is -0.578. The first-order valence-electron chi connectivity index (χ1n) is 16.2. The molecule has 4 aromatic heterocycles. The van der Waals surface area contributed by atoms with Crippen molar-refractivity contribution in [3.05, 3.63) is 99.4 Å². The molecular formula is C34H38Cl3Cs2FN10O3. The van der Waals surface area contributed by atoms with Gasteiger partial charge in [-0.1, -0.05) is 59.1 Å². The summed E-state index contributed by atoms with van der Waals surface area (Å²) < 4.78 is 19.9. The first-order valence-corrected chi connectivity index (χ1v) is 16.7. The zero-order chi connectivity index (χ0) is 37.8. The number of aromatic nitrogens is 8. The normalized spacial score (nSPS) is 13.3. The zero-order valence-corrected chi connectivity index (χ0v) is 45.1. The molecule has 13 nitrogen and oxygen atoms in total. The number of para-hydroxylation sites is 4. The van der Waals surface area contributed by atoms with Crippen LogP contribution in [0.25, 0.3) is 22.1 Å². The number of rotatable bonds is 4. The molecule has 8 rings (SSSR count). The SMILES string of the molecule is Cc1nc(Cl)cc(Cl)n1.Cc1nc(Cl)cc(N2CC(c3nc4ccccc4n3C)C2)n1.Cn1c(C2CNC2)nc2ccccc21.O=CO[O-].[2H]CF.[Cs+].[Cs+].[H-]. The van der Waals surface area contributed by atoms with Crippen molar-refractivity contribution in [2.75, 3.05) is 38.2 Å². The van der Waals surface area contributed by atoms with E-state index >= 15 is 0 Å². The van der Waals surface area contributed by atoms with Crippen LogP contribution in [0.4, 0.5) is 10.2 Å². The standard InChI is InChI=1S/C16H16ClN5.C11H13N3.C5H4Cl2N2.CH3F.CH2O3.2Cs.H/c1-10-18-14(17)7-15(19-10)22-8-11(9-22)16-20-12-5-3-4-6-13(12)21(16)2;1-14-10-5-3-2-4-9(10)13-11(14)8-6-12-7-8;1-3-8-4(6)2-5(7)9-3;1-2;2-1-4-3;;;/h3-7,11H,8-9H2,1-2H3;2-5,8,12H,6-7H2,1H3;2H,1H3;1H3;1,3H;;;/q;;;;;2*+1;-1/p-1/i;;;1D;;;;. The molecule has 6 aromatic rings. The summed E-state index contributed by atoms with van der Waals surface area (Å²) in [6.45, 7) is 7.36. The molecule has 6 heterocycles. The number of hydrogen-bond acceptors (Lipinski definition) is 11. The van der Waals surface area contributed by atoms with E-state index in [1.807, 2.05) is 31.2 Å². The molecule has 1 N–H and O–H groups in total. The van der Waals surface area contributed by atoms with Crippen molar-refractivity contribution in [1.29, 1.82) is 0 Å². The Morgan fingerprint density at radius 3 is 1.60 bits per heavy atom. The van der Waals surface area contributed by atoms with Crippen molar-refractivity contribution in [3.63, 3.8) is 0 Å². The Hall–Kier alpha value is -0.366. The summed E-state index contributed by atoms with van der Waals surface area (Å²) in [5.74, 6) is 5.56. The molecule has 0 unspecified atom stereocenters. The third kappa shape index (κ3) is 13.6. The maximum Gasteiger partial charge on any atom is 1.00 e. The number of fused-ring (bicyclic) bond motifs is 2. The van der Waals surface area contributed by atoms with Crippen LogP contribution >= 0.6 is 34.8 Å². The largest absolute Gasteiger partial charge is 1.00 e. The van der Waals surface area contributed by atoms with Gasteiger partial charge in [-0.25, -0.2) is 29.9 Å². The van der Waals surface area contributed by atoms with Gasteiger partial charge in [0.2, 0.25) is 0 Å². The minimum atomic E-state index is -1.00. The van der Waals surface area contributed by atoms with Crippen LogP contribution in [-0.2, 0) is 23.8 Å². The van der Waals surface area contributed by atoms with E-state index < -0.39 is 7.15 Å². The fourth-order valence-corrected chi connectivity index (χ4v) is 6.26. The van der Waals surface area contributed by atoms with E-state index in [1.165, 1.54) is 22.9 Å². The number of nitrogens with zero attached hydrogens (tertiary/aromatic N) is 9. The molecule has 2 fully saturated rings. The maximum absolute atomic E-state index is 9.96. The Morgan fingerprint density at radius 1 is 0.811 bits per heavy atom. The molecule has 0 atom stereocenters. The summed E-state index contributed by atoms with van der Waals surface area (Å²) in [5.41, 5.74) is 4.57. The fraction of sp³-hybridized carbons (Fsp3) is 0.324. The van der Waals surface area contributed by atoms with Gasteiger partial charge in [0.05, 0.1) is 36.5 Å². The van der Waals surface area contributed by atoms with Crippen LogP contribution in [0.2, 0.25) is 15.5 Å². The third-order valence-electron chi connectivity index (χ3n) is 7.97. The van der Waals surface area contributed by atoms with Gasteiger partial charge in [0.1, 0.15) is 44.6 Å². The minimum Gasteiger partial charge on any atom is -1.00 e. The number of anilines is 1. The van der Waals surface area contributed by atoms with E-state index in [1.54, 1.807) is 6.92 Å². The maximum atomic E-state index is 9.96. The monoisotopic (exact) mass is 1030 g/mol. The molecule has 2 aromatic carbocycles. The predicted molar refractivity (Wildman–Crippen MR) is 196 cm³/mol. The van der Waals surface area contributed by atoms with Crippen molar-refractivity contribution in [3.8, 4) is 0 Å². The second-order valence-electron chi connectivity index (χ2n) is 11.3. The molecule has 19 heteroatoms. The summed E-state index contributed by atoms with van der Waals surface area (Å²) in [6, 6.07) is 19.9. The molecule has 2 aliphatic heterocycles. The second kappa shape index (κ2) is 24.4. The van der Waals surface area contributed by atoms with Crippen molar-refractivity contribution in [2.45, 2.75) is 25.7 Å². The quantitative estimate of drug-likeness (QED) is 0.105.